The van der Waals surface area contributed by atoms with Gasteiger partial charge in [-0.25, -0.2) is 9.78 Å². The van der Waals surface area contributed by atoms with Gasteiger partial charge in [0.1, 0.15) is 0 Å². The van der Waals surface area contributed by atoms with Gasteiger partial charge in [0.05, 0.1) is 17.7 Å². The average molecular weight is 302 g/mol. The molecule has 0 spiro atoms. The molecular weight excluding hydrogens is 288 g/mol. The van der Waals surface area contributed by atoms with E-state index >= 15 is 0 Å². The normalized spacial score (nSPS) is 13.9. The van der Waals surface area contributed by atoms with E-state index in [0.717, 1.165) is 5.69 Å². The van der Waals surface area contributed by atoms with Crippen molar-refractivity contribution < 1.29 is 14.7 Å². The summed E-state index contributed by atoms with van der Waals surface area (Å²) in [5.74, 6) is -0.719. The van der Waals surface area contributed by atoms with E-state index in [2.05, 4.69) is 10.3 Å². The van der Waals surface area contributed by atoms with Crippen LogP contribution in [0.3, 0.4) is 0 Å². The van der Waals surface area contributed by atoms with E-state index in [1.807, 2.05) is 5.38 Å². The fourth-order valence-electron chi connectivity index (χ4n) is 2.13. The number of carbonyl (C=O) groups is 2. The van der Waals surface area contributed by atoms with E-state index in [9.17, 15) is 9.59 Å². The zero-order chi connectivity index (χ0) is 14.8. The Morgan fingerprint density at radius 2 is 2.10 bits per heavy atom. The zero-order valence-electron chi connectivity index (χ0n) is 11.2. The largest absolute Gasteiger partial charge is 0.478 e. The quantitative estimate of drug-likeness (QED) is 0.890. The van der Waals surface area contributed by atoms with Crippen LogP contribution < -0.4 is 5.32 Å². The first kappa shape index (κ1) is 13.8. The van der Waals surface area contributed by atoms with E-state index in [1.54, 1.807) is 18.2 Å². The molecule has 21 heavy (non-hydrogen) atoms. The van der Waals surface area contributed by atoms with Crippen LogP contribution in [0.5, 0.6) is 0 Å². The lowest BCUT2D eigenvalue weighted by molar-refractivity contribution is -0.115. The molecule has 0 radical (unpaired) electrons. The maximum atomic E-state index is 12.0. The predicted molar refractivity (Wildman–Crippen MR) is 79.8 cm³/mol. The lowest BCUT2D eigenvalue weighted by Gasteiger charge is -2.05. The molecule has 0 saturated heterocycles. The van der Waals surface area contributed by atoms with Crippen LogP contribution in [-0.4, -0.2) is 22.0 Å². The molecule has 0 bridgehead atoms. The molecule has 1 fully saturated rings. The Morgan fingerprint density at radius 3 is 2.81 bits per heavy atom. The van der Waals surface area contributed by atoms with Crippen molar-refractivity contribution in [1.29, 1.82) is 0 Å². The number of anilines is 1. The van der Waals surface area contributed by atoms with Crippen LogP contribution in [0, 0.1) is 0 Å². The molecule has 108 valence electrons. The molecule has 1 aromatic carbocycles. The molecule has 2 N–H and O–H groups in total. The van der Waals surface area contributed by atoms with E-state index in [-0.39, 0.29) is 17.9 Å². The molecule has 0 aliphatic heterocycles. The Kier molecular flexibility index (Phi) is 3.70. The second kappa shape index (κ2) is 5.65. The van der Waals surface area contributed by atoms with Gasteiger partial charge in [-0.05, 0) is 24.5 Å². The first-order valence-electron chi connectivity index (χ1n) is 6.70. The monoisotopic (exact) mass is 302 g/mol. The minimum Gasteiger partial charge on any atom is -0.478 e. The van der Waals surface area contributed by atoms with E-state index < -0.39 is 5.97 Å². The van der Waals surface area contributed by atoms with E-state index in [4.69, 9.17) is 5.11 Å². The highest BCUT2D eigenvalue weighted by Gasteiger charge is 2.26. The standard InChI is InChI=1S/C15H14N2O3S/c18-13(7-10-3-1-2-4-11(10)14(19)20)17-15-16-12(8-21-15)9-5-6-9/h1-4,8-9H,5-7H2,(H,19,20)(H,16,17,18). The van der Waals surface area contributed by atoms with Crippen molar-refractivity contribution in [3.63, 3.8) is 0 Å². The third-order valence-corrected chi connectivity index (χ3v) is 4.14. The summed E-state index contributed by atoms with van der Waals surface area (Å²) < 4.78 is 0. The number of thiazole rings is 1. The summed E-state index contributed by atoms with van der Waals surface area (Å²) in [6.07, 6.45) is 2.37. The number of aromatic nitrogens is 1. The average Bonchev–Trinajstić information content (AvgIpc) is 3.20. The Balaban J connectivity index is 1.67. The van der Waals surface area contributed by atoms with Crippen LogP contribution in [0.1, 0.15) is 40.4 Å². The Bertz CT molecular complexity index is 692. The number of hydrogen-bond acceptors (Lipinski definition) is 4. The second-order valence-electron chi connectivity index (χ2n) is 5.04. The minimum atomic E-state index is -1.02. The van der Waals surface area contributed by atoms with Crippen LogP contribution in [0.15, 0.2) is 29.6 Å². The first-order chi connectivity index (χ1) is 10.1. The number of carboxylic acids is 1. The van der Waals surface area contributed by atoms with Crippen LogP contribution in [-0.2, 0) is 11.2 Å². The highest BCUT2D eigenvalue weighted by molar-refractivity contribution is 7.13. The highest BCUT2D eigenvalue weighted by atomic mass is 32.1. The maximum absolute atomic E-state index is 12.0. The molecule has 2 aromatic rings. The van der Waals surface area contributed by atoms with Gasteiger partial charge in [-0.3, -0.25) is 4.79 Å². The van der Waals surface area contributed by atoms with Crippen molar-refractivity contribution >= 4 is 28.3 Å². The van der Waals surface area contributed by atoms with Gasteiger partial charge in [-0.15, -0.1) is 11.3 Å². The van der Waals surface area contributed by atoms with Crippen LogP contribution in [0.25, 0.3) is 0 Å². The number of rotatable bonds is 5. The van der Waals surface area contributed by atoms with Gasteiger partial charge in [-0.1, -0.05) is 18.2 Å². The predicted octanol–water partition coefficient (Wildman–Crippen LogP) is 2.90. The lowest BCUT2D eigenvalue weighted by Crippen LogP contribution is -2.16. The van der Waals surface area contributed by atoms with Crippen molar-refractivity contribution in [2.75, 3.05) is 5.32 Å². The molecule has 1 aliphatic carbocycles. The minimum absolute atomic E-state index is 0.0286. The Labute approximate surface area is 125 Å². The van der Waals surface area contributed by atoms with Crippen molar-refractivity contribution in [3.05, 3.63) is 46.5 Å². The molecule has 1 amide bonds. The van der Waals surface area contributed by atoms with Gasteiger partial charge < -0.3 is 10.4 Å². The smallest absolute Gasteiger partial charge is 0.335 e. The van der Waals surface area contributed by atoms with Gasteiger partial charge in [0.2, 0.25) is 5.91 Å². The first-order valence-corrected chi connectivity index (χ1v) is 7.58. The van der Waals surface area contributed by atoms with Crippen molar-refractivity contribution in [2.24, 2.45) is 0 Å². The van der Waals surface area contributed by atoms with Gasteiger partial charge in [0, 0.05) is 11.3 Å². The van der Waals surface area contributed by atoms with E-state index in [0.29, 0.717) is 16.6 Å². The summed E-state index contributed by atoms with van der Waals surface area (Å²) in [7, 11) is 0. The molecule has 5 nitrogen and oxygen atoms in total. The van der Waals surface area contributed by atoms with Crippen molar-refractivity contribution in [1.82, 2.24) is 4.98 Å². The topological polar surface area (TPSA) is 79.3 Å². The summed E-state index contributed by atoms with van der Waals surface area (Å²) in [4.78, 5) is 27.5. The van der Waals surface area contributed by atoms with Gasteiger partial charge in [-0.2, -0.15) is 0 Å². The number of aromatic carboxylic acids is 1. The summed E-state index contributed by atoms with van der Waals surface area (Å²) >= 11 is 1.41. The Hall–Kier alpha value is -2.21. The highest BCUT2D eigenvalue weighted by Crippen LogP contribution is 2.40. The van der Waals surface area contributed by atoms with Gasteiger partial charge in [0.15, 0.2) is 5.13 Å². The van der Waals surface area contributed by atoms with Crippen molar-refractivity contribution in [2.45, 2.75) is 25.2 Å². The molecule has 0 atom stereocenters. The second-order valence-corrected chi connectivity index (χ2v) is 5.90. The molecule has 6 heteroatoms. The molecule has 3 rings (SSSR count). The summed E-state index contributed by atoms with van der Waals surface area (Å²) in [5, 5.41) is 14.4. The molecule has 0 unspecified atom stereocenters. The number of hydrogen-bond donors (Lipinski definition) is 2. The number of carboxylic acid groups (broad SMARTS) is 1. The molecular formula is C15H14N2O3S. The van der Waals surface area contributed by atoms with Gasteiger partial charge in [0.25, 0.3) is 0 Å². The molecule has 1 aliphatic rings. The van der Waals surface area contributed by atoms with Crippen LogP contribution in [0.4, 0.5) is 5.13 Å². The number of nitrogens with one attached hydrogen (secondary N) is 1. The number of carbonyl (C=O) groups excluding carboxylic acids is 1. The van der Waals surface area contributed by atoms with Crippen LogP contribution in [0.2, 0.25) is 0 Å². The lowest BCUT2D eigenvalue weighted by atomic mass is 10.0. The fraction of sp³-hybridized carbons (Fsp3) is 0.267. The van der Waals surface area contributed by atoms with Crippen LogP contribution >= 0.6 is 11.3 Å². The Morgan fingerprint density at radius 1 is 1.33 bits per heavy atom. The summed E-state index contributed by atoms with van der Waals surface area (Å²) in [6.45, 7) is 0. The summed E-state index contributed by atoms with van der Waals surface area (Å²) in [5.41, 5.74) is 1.70. The maximum Gasteiger partial charge on any atom is 0.335 e. The van der Waals surface area contributed by atoms with Gasteiger partial charge >= 0.3 is 5.97 Å². The third-order valence-electron chi connectivity index (χ3n) is 3.36. The molecule has 1 aromatic heterocycles. The SMILES string of the molecule is O=C(Cc1ccccc1C(=O)O)Nc1nc(C2CC2)cs1. The summed E-state index contributed by atoms with van der Waals surface area (Å²) in [6, 6.07) is 6.53. The number of benzene rings is 1. The fourth-order valence-corrected chi connectivity index (χ4v) is 2.94. The molecule has 1 heterocycles. The zero-order valence-corrected chi connectivity index (χ0v) is 12.0. The van der Waals surface area contributed by atoms with E-state index in [1.165, 1.54) is 30.2 Å². The number of amides is 1. The molecule has 1 saturated carbocycles. The van der Waals surface area contributed by atoms with Crippen molar-refractivity contribution in [3.8, 4) is 0 Å². The third kappa shape index (κ3) is 3.28. The number of nitrogens with zero attached hydrogens (tertiary/aromatic N) is 1.